The Morgan fingerprint density at radius 3 is 2.76 bits per heavy atom. The molecule has 3 aromatic rings. The van der Waals surface area contributed by atoms with Gasteiger partial charge in [-0.1, -0.05) is 0 Å². The lowest BCUT2D eigenvalue weighted by molar-refractivity contribution is 0.797. The Hall–Kier alpha value is -1.69. The largest absolute Gasteiger partial charge is 0.222 e. The number of fused-ring (bicyclic) bond motifs is 1. The highest BCUT2D eigenvalue weighted by Gasteiger charge is 2.11. The quantitative estimate of drug-likeness (QED) is 0.691. The Morgan fingerprint density at radius 2 is 2.06 bits per heavy atom. The minimum absolute atomic E-state index is 0.796. The number of hydrogen-bond acceptors (Lipinski definition) is 3. The highest BCUT2D eigenvalue weighted by Crippen LogP contribution is 2.22. The molecule has 0 saturated heterocycles. The highest BCUT2D eigenvalue weighted by molar-refractivity contribution is 9.10. The van der Waals surface area contributed by atoms with Crippen molar-refractivity contribution in [1.29, 1.82) is 0 Å². The van der Waals surface area contributed by atoms with Crippen molar-refractivity contribution in [3.8, 4) is 5.82 Å². The summed E-state index contributed by atoms with van der Waals surface area (Å²) in [5.41, 5.74) is 2.81. The third kappa shape index (κ3) is 1.56. The molecule has 0 atom stereocenters. The van der Waals surface area contributed by atoms with Gasteiger partial charge in [0.25, 0.3) is 0 Å². The van der Waals surface area contributed by atoms with Crippen LogP contribution in [0.2, 0.25) is 0 Å². The van der Waals surface area contributed by atoms with Gasteiger partial charge in [-0.3, -0.25) is 0 Å². The van der Waals surface area contributed by atoms with Crippen LogP contribution < -0.4 is 0 Å². The maximum Gasteiger partial charge on any atom is 0.157 e. The zero-order valence-corrected chi connectivity index (χ0v) is 11.0. The molecule has 0 aliphatic heterocycles. The van der Waals surface area contributed by atoms with Crippen molar-refractivity contribution in [3.63, 3.8) is 0 Å². The van der Waals surface area contributed by atoms with E-state index in [1.54, 1.807) is 10.7 Å². The zero-order chi connectivity index (χ0) is 12.0. The average Bonchev–Trinajstić information content (AvgIpc) is 2.89. The fraction of sp³-hybridized carbons (Fsp3) is 0.182. The summed E-state index contributed by atoms with van der Waals surface area (Å²) < 4.78 is 4.57. The van der Waals surface area contributed by atoms with Gasteiger partial charge in [0.1, 0.15) is 0 Å². The summed E-state index contributed by atoms with van der Waals surface area (Å²) in [7, 11) is 0. The van der Waals surface area contributed by atoms with E-state index < -0.39 is 0 Å². The van der Waals surface area contributed by atoms with Gasteiger partial charge < -0.3 is 0 Å². The predicted molar refractivity (Wildman–Crippen MR) is 67.3 cm³/mol. The lowest BCUT2D eigenvalue weighted by Gasteiger charge is -2.03. The molecule has 0 spiro atoms. The van der Waals surface area contributed by atoms with Crippen LogP contribution in [0.5, 0.6) is 0 Å². The summed E-state index contributed by atoms with van der Waals surface area (Å²) in [5.74, 6) is 0.796. The first-order chi connectivity index (χ1) is 8.16. The Bertz CT molecular complexity index is 697. The summed E-state index contributed by atoms with van der Waals surface area (Å²) in [6.45, 7) is 3.97. The van der Waals surface area contributed by atoms with Gasteiger partial charge in [0.2, 0.25) is 0 Å². The van der Waals surface area contributed by atoms with E-state index in [9.17, 15) is 0 Å². The maximum absolute atomic E-state index is 4.50. The molecule has 17 heavy (non-hydrogen) atoms. The minimum Gasteiger partial charge on any atom is -0.222 e. The lowest BCUT2D eigenvalue weighted by Crippen LogP contribution is -2.03. The monoisotopic (exact) mass is 291 g/mol. The second-order valence-electron chi connectivity index (χ2n) is 3.82. The number of aryl methyl sites for hydroxylation is 1. The van der Waals surface area contributed by atoms with E-state index >= 15 is 0 Å². The van der Waals surface area contributed by atoms with Gasteiger partial charge in [0.15, 0.2) is 11.5 Å². The van der Waals surface area contributed by atoms with Crippen LogP contribution in [0.15, 0.2) is 29.0 Å². The van der Waals surface area contributed by atoms with Gasteiger partial charge in [-0.2, -0.15) is 10.2 Å². The molecule has 86 valence electrons. The molecule has 0 saturated carbocycles. The van der Waals surface area contributed by atoms with E-state index in [-0.39, 0.29) is 0 Å². The molecule has 0 bridgehead atoms. The van der Waals surface area contributed by atoms with E-state index in [1.807, 2.05) is 36.9 Å². The molecular formula is C11H10BrN5. The van der Waals surface area contributed by atoms with Gasteiger partial charge in [-0.25, -0.2) is 14.2 Å². The van der Waals surface area contributed by atoms with Crippen LogP contribution in [-0.4, -0.2) is 24.4 Å². The van der Waals surface area contributed by atoms with Gasteiger partial charge in [-0.05, 0) is 29.8 Å². The normalized spacial score (nSPS) is 11.2. The fourth-order valence-electron chi connectivity index (χ4n) is 1.77. The molecule has 3 rings (SSSR count). The molecule has 0 aliphatic carbocycles. The number of nitrogens with zero attached hydrogens (tertiary/aromatic N) is 5. The van der Waals surface area contributed by atoms with E-state index in [2.05, 4.69) is 31.1 Å². The van der Waals surface area contributed by atoms with Crippen LogP contribution in [0, 0.1) is 13.8 Å². The molecule has 0 N–H and O–H groups in total. The topological polar surface area (TPSA) is 48.0 Å². The van der Waals surface area contributed by atoms with Crippen molar-refractivity contribution in [1.82, 2.24) is 24.4 Å². The van der Waals surface area contributed by atoms with Crippen LogP contribution in [0.25, 0.3) is 11.5 Å². The summed E-state index contributed by atoms with van der Waals surface area (Å²) in [4.78, 5) is 4.50. The van der Waals surface area contributed by atoms with Crippen molar-refractivity contribution >= 4 is 21.6 Å². The Kier molecular flexibility index (Phi) is 2.25. The Balaban J connectivity index is 2.22. The molecule has 0 aliphatic rings. The van der Waals surface area contributed by atoms with Gasteiger partial charge >= 0.3 is 0 Å². The Labute approximate surface area is 106 Å². The van der Waals surface area contributed by atoms with E-state index in [1.165, 1.54) is 0 Å². The molecular weight excluding hydrogens is 282 g/mol. The third-order valence-electron chi connectivity index (χ3n) is 2.66. The van der Waals surface area contributed by atoms with Gasteiger partial charge in [0.05, 0.1) is 22.1 Å². The number of halogens is 1. The van der Waals surface area contributed by atoms with Crippen LogP contribution in [0.3, 0.4) is 0 Å². The van der Waals surface area contributed by atoms with E-state index in [4.69, 9.17) is 0 Å². The molecule has 5 nitrogen and oxygen atoms in total. The van der Waals surface area contributed by atoms with Gasteiger partial charge in [-0.15, -0.1) is 0 Å². The molecule has 0 aromatic carbocycles. The number of aromatic nitrogens is 5. The van der Waals surface area contributed by atoms with Gasteiger partial charge in [0, 0.05) is 18.3 Å². The summed E-state index contributed by atoms with van der Waals surface area (Å²) in [6, 6.07) is 3.76. The van der Waals surface area contributed by atoms with Crippen molar-refractivity contribution in [3.05, 3.63) is 40.4 Å². The molecule has 0 amide bonds. The standard InChI is InChI=1S/C11H10BrN5/c1-7-11(12)8(2)17(15-7)10-4-6-16-9(14-10)3-5-13-16/h3-6H,1-2H3. The Morgan fingerprint density at radius 1 is 1.24 bits per heavy atom. The van der Waals surface area contributed by atoms with Crippen LogP contribution in [0.4, 0.5) is 0 Å². The second-order valence-corrected chi connectivity index (χ2v) is 4.61. The van der Waals surface area contributed by atoms with Crippen molar-refractivity contribution < 1.29 is 0 Å². The van der Waals surface area contributed by atoms with Crippen molar-refractivity contribution in [2.75, 3.05) is 0 Å². The lowest BCUT2D eigenvalue weighted by atomic mass is 10.4. The molecule has 3 heterocycles. The smallest absolute Gasteiger partial charge is 0.157 e. The number of hydrogen-bond donors (Lipinski definition) is 0. The average molecular weight is 292 g/mol. The predicted octanol–water partition coefficient (Wildman–Crippen LogP) is 2.29. The van der Waals surface area contributed by atoms with Crippen LogP contribution in [-0.2, 0) is 0 Å². The molecule has 6 heteroatoms. The maximum atomic E-state index is 4.50. The van der Waals surface area contributed by atoms with E-state index in [0.717, 1.165) is 27.3 Å². The number of rotatable bonds is 1. The van der Waals surface area contributed by atoms with Crippen LogP contribution >= 0.6 is 15.9 Å². The summed E-state index contributed by atoms with van der Waals surface area (Å²) in [6.07, 6.45) is 3.60. The first kappa shape index (κ1) is 10.5. The van der Waals surface area contributed by atoms with E-state index in [0.29, 0.717) is 0 Å². The van der Waals surface area contributed by atoms with Crippen LogP contribution in [0.1, 0.15) is 11.4 Å². The third-order valence-corrected chi connectivity index (χ3v) is 3.81. The zero-order valence-electron chi connectivity index (χ0n) is 9.42. The molecule has 0 fully saturated rings. The minimum atomic E-state index is 0.796. The SMILES string of the molecule is Cc1nn(-c2ccn3nccc3n2)c(C)c1Br. The second kappa shape index (κ2) is 3.66. The summed E-state index contributed by atoms with van der Waals surface area (Å²) >= 11 is 3.51. The molecule has 0 unspecified atom stereocenters. The molecule has 3 aromatic heterocycles. The first-order valence-corrected chi connectivity index (χ1v) is 5.98. The van der Waals surface area contributed by atoms with Crippen molar-refractivity contribution in [2.45, 2.75) is 13.8 Å². The molecule has 0 radical (unpaired) electrons. The fourth-order valence-corrected chi connectivity index (χ4v) is 2.01. The van der Waals surface area contributed by atoms with Crippen molar-refractivity contribution in [2.24, 2.45) is 0 Å². The summed E-state index contributed by atoms with van der Waals surface area (Å²) in [5, 5.41) is 8.56. The highest BCUT2D eigenvalue weighted by atomic mass is 79.9. The first-order valence-electron chi connectivity index (χ1n) is 5.19.